The Bertz CT molecular complexity index is 359. The molecule has 16 heavy (non-hydrogen) atoms. The number of rotatable bonds is 4. The summed E-state index contributed by atoms with van der Waals surface area (Å²) in [5.41, 5.74) is 1.31. The van der Waals surface area contributed by atoms with E-state index in [1.54, 1.807) is 7.05 Å². The zero-order valence-electron chi connectivity index (χ0n) is 10.3. The van der Waals surface area contributed by atoms with Gasteiger partial charge in [0, 0.05) is 0 Å². The molecule has 0 radical (unpaired) electrons. The van der Waals surface area contributed by atoms with Crippen molar-refractivity contribution in [3.63, 3.8) is 0 Å². The van der Waals surface area contributed by atoms with Crippen LogP contribution in [0.3, 0.4) is 0 Å². The molecule has 1 N–H and O–H groups in total. The maximum Gasteiger partial charge on any atom is 0.330 e. The Balaban J connectivity index is 3.04. The number of hydrogen-bond acceptors (Lipinski definition) is 3. The van der Waals surface area contributed by atoms with Gasteiger partial charge in [0.2, 0.25) is 0 Å². The van der Waals surface area contributed by atoms with Crippen molar-refractivity contribution in [3.05, 3.63) is 35.4 Å². The minimum atomic E-state index is -0.774. The van der Waals surface area contributed by atoms with Crippen molar-refractivity contribution in [2.75, 3.05) is 13.7 Å². The van der Waals surface area contributed by atoms with E-state index in [4.69, 9.17) is 4.74 Å². The Labute approximate surface area is 96.8 Å². The van der Waals surface area contributed by atoms with Gasteiger partial charge < -0.3 is 10.1 Å². The van der Waals surface area contributed by atoms with Crippen molar-refractivity contribution < 1.29 is 9.53 Å². The summed E-state index contributed by atoms with van der Waals surface area (Å²) in [5.74, 6) is -0.249. The quantitative estimate of drug-likeness (QED) is 0.790. The highest BCUT2D eigenvalue weighted by molar-refractivity contribution is 5.82. The third kappa shape index (κ3) is 2.42. The maximum absolute atomic E-state index is 11.9. The minimum Gasteiger partial charge on any atom is -0.464 e. The van der Waals surface area contributed by atoms with Gasteiger partial charge in [-0.3, -0.25) is 0 Å². The van der Waals surface area contributed by atoms with E-state index in [0.29, 0.717) is 6.61 Å². The van der Waals surface area contributed by atoms with Crippen molar-refractivity contribution in [2.24, 2.45) is 0 Å². The summed E-state index contributed by atoms with van der Waals surface area (Å²) in [6.45, 7) is 6.05. The molecule has 0 amide bonds. The second-order valence-electron chi connectivity index (χ2n) is 3.96. The minimum absolute atomic E-state index is 0.249. The lowest BCUT2D eigenvalue weighted by molar-refractivity contribution is -0.150. The van der Waals surface area contributed by atoms with Crippen LogP contribution in [-0.4, -0.2) is 19.6 Å². The smallest absolute Gasteiger partial charge is 0.330 e. The molecule has 1 aromatic carbocycles. The maximum atomic E-state index is 11.9. The van der Waals surface area contributed by atoms with Crippen LogP contribution in [0.5, 0.6) is 0 Å². The monoisotopic (exact) mass is 221 g/mol. The standard InChI is InChI=1S/C13H19NO2/c1-5-16-12(15)13(3,14-4)11-8-6-10(2)7-9-11/h6-9,14H,5H2,1-4H3. The van der Waals surface area contributed by atoms with Gasteiger partial charge in [-0.15, -0.1) is 0 Å². The number of carbonyl (C=O) groups is 1. The number of carbonyl (C=O) groups excluding carboxylic acids is 1. The van der Waals surface area contributed by atoms with E-state index in [1.807, 2.05) is 45.0 Å². The van der Waals surface area contributed by atoms with E-state index < -0.39 is 5.54 Å². The second-order valence-corrected chi connectivity index (χ2v) is 3.96. The zero-order chi connectivity index (χ0) is 12.2. The molecule has 0 saturated heterocycles. The number of likely N-dealkylation sites (N-methyl/N-ethyl adjacent to an activating group) is 1. The van der Waals surface area contributed by atoms with Gasteiger partial charge in [0.05, 0.1) is 6.61 Å². The highest BCUT2D eigenvalue weighted by Crippen LogP contribution is 2.22. The van der Waals surface area contributed by atoms with Gasteiger partial charge in [-0.05, 0) is 33.4 Å². The SMILES string of the molecule is CCOC(=O)C(C)(NC)c1ccc(C)cc1. The van der Waals surface area contributed by atoms with E-state index in [1.165, 1.54) is 5.56 Å². The lowest BCUT2D eigenvalue weighted by atomic mass is 9.91. The average Bonchev–Trinajstić information content (AvgIpc) is 2.29. The van der Waals surface area contributed by atoms with Gasteiger partial charge in [-0.1, -0.05) is 29.8 Å². The van der Waals surface area contributed by atoms with Gasteiger partial charge in [0.1, 0.15) is 5.54 Å². The van der Waals surface area contributed by atoms with E-state index in [-0.39, 0.29) is 5.97 Å². The Hall–Kier alpha value is -1.35. The first-order valence-corrected chi connectivity index (χ1v) is 5.48. The molecule has 88 valence electrons. The molecule has 1 atom stereocenters. The summed E-state index contributed by atoms with van der Waals surface area (Å²) in [5, 5.41) is 3.02. The fraction of sp³-hybridized carbons (Fsp3) is 0.462. The molecule has 0 aliphatic heterocycles. The van der Waals surface area contributed by atoms with Crippen molar-refractivity contribution in [1.29, 1.82) is 0 Å². The van der Waals surface area contributed by atoms with Crippen LogP contribution in [0.4, 0.5) is 0 Å². The molecule has 0 aliphatic carbocycles. The number of benzene rings is 1. The van der Waals surface area contributed by atoms with Crippen LogP contribution in [0.2, 0.25) is 0 Å². The van der Waals surface area contributed by atoms with Crippen LogP contribution in [0, 0.1) is 6.92 Å². The molecule has 0 bridgehead atoms. The van der Waals surface area contributed by atoms with Gasteiger partial charge in [0.25, 0.3) is 0 Å². The predicted molar refractivity (Wildman–Crippen MR) is 64.2 cm³/mol. The topological polar surface area (TPSA) is 38.3 Å². The van der Waals surface area contributed by atoms with Gasteiger partial charge in [-0.25, -0.2) is 4.79 Å². The summed E-state index contributed by atoms with van der Waals surface area (Å²) in [4.78, 5) is 11.9. The molecule has 1 rings (SSSR count). The Kier molecular flexibility index (Phi) is 4.07. The molecule has 1 unspecified atom stereocenters. The summed E-state index contributed by atoms with van der Waals surface area (Å²) in [7, 11) is 1.76. The predicted octanol–water partition coefficient (Wildman–Crippen LogP) is 1.99. The Morgan fingerprint density at radius 3 is 2.38 bits per heavy atom. The lowest BCUT2D eigenvalue weighted by Gasteiger charge is -2.27. The first-order chi connectivity index (χ1) is 7.54. The number of ether oxygens (including phenoxy) is 1. The van der Waals surface area contributed by atoms with Crippen molar-refractivity contribution in [3.8, 4) is 0 Å². The number of nitrogens with one attached hydrogen (secondary N) is 1. The number of hydrogen-bond donors (Lipinski definition) is 1. The molecule has 0 aliphatic rings. The normalized spacial score (nSPS) is 14.2. The highest BCUT2D eigenvalue weighted by Gasteiger charge is 2.34. The Morgan fingerprint density at radius 1 is 1.38 bits per heavy atom. The summed E-state index contributed by atoms with van der Waals surface area (Å²) >= 11 is 0. The average molecular weight is 221 g/mol. The highest BCUT2D eigenvalue weighted by atomic mass is 16.5. The number of aryl methyl sites for hydroxylation is 1. The molecule has 3 nitrogen and oxygen atoms in total. The molecule has 1 aromatic rings. The van der Waals surface area contributed by atoms with Gasteiger partial charge in [0.15, 0.2) is 0 Å². The molecule has 0 heterocycles. The number of esters is 1. The molecular weight excluding hydrogens is 202 g/mol. The van der Waals surface area contributed by atoms with E-state index >= 15 is 0 Å². The van der Waals surface area contributed by atoms with E-state index in [9.17, 15) is 4.79 Å². The first kappa shape index (κ1) is 12.7. The zero-order valence-corrected chi connectivity index (χ0v) is 10.3. The van der Waals surface area contributed by atoms with Crippen LogP contribution in [-0.2, 0) is 15.1 Å². The largest absolute Gasteiger partial charge is 0.464 e. The summed E-state index contributed by atoms with van der Waals surface area (Å²) < 4.78 is 5.08. The van der Waals surface area contributed by atoms with E-state index in [2.05, 4.69) is 5.32 Å². The Morgan fingerprint density at radius 2 is 1.94 bits per heavy atom. The molecule has 3 heteroatoms. The van der Waals surface area contributed by atoms with Crippen molar-refractivity contribution in [1.82, 2.24) is 5.32 Å². The second kappa shape index (κ2) is 5.12. The molecule has 0 saturated carbocycles. The van der Waals surface area contributed by atoms with Crippen LogP contribution in [0.1, 0.15) is 25.0 Å². The summed E-state index contributed by atoms with van der Waals surface area (Å²) in [6.07, 6.45) is 0. The molecule has 0 fully saturated rings. The first-order valence-electron chi connectivity index (χ1n) is 5.48. The molecule has 0 aromatic heterocycles. The fourth-order valence-electron chi connectivity index (χ4n) is 1.53. The van der Waals surface area contributed by atoms with Gasteiger partial charge in [-0.2, -0.15) is 0 Å². The third-order valence-corrected chi connectivity index (χ3v) is 2.81. The molecular formula is C13H19NO2. The molecule has 0 spiro atoms. The fourth-order valence-corrected chi connectivity index (χ4v) is 1.53. The lowest BCUT2D eigenvalue weighted by Crippen LogP contribution is -2.45. The van der Waals surface area contributed by atoms with Crippen LogP contribution in [0.15, 0.2) is 24.3 Å². The van der Waals surface area contributed by atoms with Crippen LogP contribution >= 0.6 is 0 Å². The van der Waals surface area contributed by atoms with Crippen molar-refractivity contribution >= 4 is 5.97 Å². The van der Waals surface area contributed by atoms with Crippen LogP contribution in [0.25, 0.3) is 0 Å². The van der Waals surface area contributed by atoms with E-state index in [0.717, 1.165) is 5.56 Å². The van der Waals surface area contributed by atoms with Crippen LogP contribution < -0.4 is 5.32 Å². The summed E-state index contributed by atoms with van der Waals surface area (Å²) in [6, 6.07) is 7.87. The third-order valence-electron chi connectivity index (χ3n) is 2.81. The van der Waals surface area contributed by atoms with Gasteiger partial charge >= 0.3 is 5.97 Å². The van der Waals surface area contributed by atoms with Crippen molar-refractivity contribution in [2.45, 2.75) is 26.3 Å².